The normalized spacial score (nSPS) is 19.2. The average Bonchev–Trinajstić information content (AvgIpc) is 3.61. The van der Waals surface area contributed by atoms with Crippen LogP contribution in [0.25, 0.3) is 27.6 Å². The van der Waals surface area contributed by atoms with Gasteiger partial charge in [-0.05, 0) is 64.4 Å². The third-order valence-electron chi connectivity index (χ3n) is 10.6. The lowest BCUT2D eigenvalue weighted by Crippen LogP contribution is -2.46. The summed E-state index contributed by atoms with van der Waals surface area (Å²) in [6.45, 7) is 15.6. The van der Waals surface area contributed by atoms with Crippen LogP contribution < -0.4 is 13.9 Å². The van der Waals surface area contributed by atoms with Crippen molar-refractivity contribution in [3.63, 3.8) is 0 Å². The van der Waals surface area contributed by atoms with Crippen molar-refractivity contribution in [3.05, 3.63) is 151 Å². The fourth-order valence-corrected chi connectivity index (χ4v) is 7.92. The van der Waals surface area contributed by atoms with Crippen LogP contribution in [0.2, 0.25) is 0 Å². The molecule has 51 heavy (non-hydrogen) atoms. The summed E-state index contributed by atoms with van der Waals surface area (Å²) in [4.78, 5) is 4.84. The molecule has 0 amide bonds. The predicted octanol–water partition coefficient (Wildman–Crippen LogP) is 11.8. The monoisotopic (exact) mass is 666 g/mol. The zero-order valence-corrected chi connectivity index (χ0v) is 29.8. The molecule has 7 aromatic rings. The number of ether oxygens (including phenoxy) is 1. The molecule has 2 aliphatic rings. The van der Waals surface area contributed by atoms with E-state index < -0.39 is 0 Å². The molecule has 0 spiro atoms. The molecule has 0 bridgehead atoms. The minimum atomic E-state index is -0.0952. The first kappa shape index (κ1) is 31.3. The minimum absolute atomic E-state index is 0.00259. The molecule has 4 heterocycles. The van der Waals surface area contributed by atoms with Crippen LogP contribution in [0.3, 0.4) is 0 Å². The van der Waals surface area contributed by atoms with Crippen LogP contribution in [-0.2, 0) is 10.8 Å². The highest BCUT2D eigenvalue weighted by Crippen LogP contribution is 2.75. The van der Waals surface area contributed by atoms with Gasteiger partial charge in [-0.2, -0.15) is 14.4 Å². The summed E-state index contributed by atoms with van der Waals surface area (Å²) in [6.07, 6.45) is 1.91. The zero-order valence-electron chi connectivity index (χ0n) is 29.8. The summed E-state index contributed by atoms with van der Waals surface area (Å²) in [5.41, 5.74) is 9.76. The van der Waals surface area contributed by atoms with Gasteiger partial charge in [-0.15, -0.1) is 0 Å². The first-order chi connectivity index (χ1) is 24.4. The number of pyridine rings is 1. The highest BCUT2D eigenvalue weighted by atomic mass is 16.5. The van der Waals surface area contributed by atoms with Crippen LogP contribution in [-0.4, -0.2) is 9.55 Å². The Morgan fingerprint density at radius 2 is 1.31 bits per heavy atom. The summed E-state index contributed by atoms with van der Waals surface area (Å²) in [6, 6.07) is 44.9. The van der Waals surface area contributed by atoms with Crippen LogP contribution in [0.4, 0.5) is 22.7 Å². The molecule has 9 rings (SSSR count). The number of nitrogens with zero attached hydrogens (tertiary/aromatic N) is 5. The van der Waals surface area contributed by atoms with E-state index in [0.717, 1.165) is 50.7 Å². The Hall–Kier alpha value is -5.74. The molecule has 1 unspecified atom stereocenters. The fraction of sp³-hybridized carbons (Fsp3) is 0.178. The molecule has 6 nitrogen and oxygen atoms in total. The van der Waals surface area contributed by atoms with E-state index in [1.54, 1.807) is 0 Å². The lowest BCUT2D eigenvalue weighted by molar-refractivity contribution is 0.423. The summed E-state index contributed by atoms with van der Waals surface area (Å²) in [7, 11) is 0. The van der Waals surface area contributed by atoms with E-state index in [2.05, 4.69) is 162 Å². The highest BCUT2D eigenvalue weighted by molar-refractivity contribution is 6.09. The molecule has 0 N–H and O–H groups in total. The van der Waals surface area contributed by atoms with Crippen molar-refractivity contribution in [2.45, 2.75) is 52.4 Å². The van der Waals surface area contributed by atoms with E-state index in [4.69, 9.17) is 9.72 Å². The second kappa shape index (κ2) is 10.6. The van der Waals surface area contributed by atoms with E-state index in [-0.39, 0.29) is 10.8 Å². The number of para-hydroxylation sites is 3. The first-order valence-electron chi connectivity index (χ1n) is 17.5. The zero-order chi connectivity index (χ0) is 35.3. The van der Waals surface area contributed by atoms with Gasteiger partial charge in [0.15, 0.2) is 18.0 Å². The van der Waals surface area contributed by atoms with Crippen LogP contribution in [0, 0.1) is 18.0 Å². The largest absolute Gasteiger partial charge is 0.457 e. The second-order valence-electron chi connectivity index (χ2n) is 15.9. The smallest absolute Gasteiger partial charge is 0.225 e. The number of nitriles is 1. The van der Waals surface area contributed by atoms with Gasteiger partial charge < -0.3 is 4.74 Å². The molecule has 2 aromatic heterocycles. The highest BCUT2D eigenvalue weighted by Gasteiger charge is 2.78. The van der Waals surface area contributed by atoms with Crippen molar-refractivity contribution < 1.29 is 4.74 Å². The van der Waals surface area contributed by atoms with Gasteiger partial charge in [0.25, 0.3) is 0 Å². The van der Waals surface area contributed by atoms with E-state index in [0.29, 0.717) is 14.7 Å². The Kier molecular flexibility index (Phi) is 6.52. The summed E-state index contributed by atoms with van der Waals surface area (Å²) in [5, 5.41) is 12.3. The van der Waals surface area contributed by atoms with E-state index in [9.17, 15) is 5.26 Å². The van der Waals surface area contributed by atoms with E-state index in [1.165, 1.54) is 22.3 Å². The third kappa shape index (κ3) is 4.52. The Labute approximate surface area is 299 Å². The number of aromatic nitrogens is 2. The Balaban J connectivity index is 1.13. The van der Waals surface area contributed by atoms with E-state index in [1.807, 2.05) is 24.4 Å². The van der Waals surface area contributed by atoms with Gasteiger partial charge >= 0.3 is 0 Å². The molecule has 2 aliphatic heterocycles. The van der Waals surface area contributed by atoms with E-state index >= 15 is 0 Å². The molecule has 5 aromatic carbocycles. The summed E-state index contributed by atoms with van der Waals surface area (Å²) >= 11 is 0. The van der Waals surface area contributed by atoms with Crippen molar-refractivity contribution in [3.8, 4) is 23.4 Å². The van der Waals surface area contributed by atoms with Crippen molar-refractivity contribution in [1.82, 2.24) is 18.7 Å². The van der Waals surface area contributed by atoms with Gasteiger partial charge in [0.05, 0.1) is 22.7 Å². The van der Waals surface area contributed by atoms with Gasteiger partial charge in [-0.25, -0.2) is 4.98 Å². The quantitative estimate of drug-likeness (QED) is 0.104. The van der Waals surface area contributed by atoms with Gasteiger partial charge in [0.1, 0.15) is 17.3 Å². The van der Waals surface area contributed by atoms with Gasteiger partial charge in [0, 0.05) is 59.4 Å². The fourth-order valence-electron chi connectivity index (χ4n) is 7.92. The Morgan fingerprint density at radius 1 is 0.627 bits per heavy atom. The number of quaternary nitrogens is 2. The molecule has 1 saturated heterocycles. The lowest BCUT2D eigenvalue weighted by Gasteiger charge is -2.40. The topological polar surface area (TPSA) is 50.8 Å². The molecule has 250 valence electrons. The van der Waals surface area contributed by atoms with Crippen LogP contribution >= 0.6 is 0 Å². The maximum absolute atomic E-state index is 10.0. The molecular formula is C45H40N5O+. The molecule has 0 saturated carbocycles. The number of fused-ring (bicyclic) bond motifs is 7. The molecule has 0 radical (unpaired) electrons. The standard InChI is InChI=1S/C45H40N5O/c1-44(2,3)31-20-21-47-43(25-31)48-39-15-8-7-14-37(39)38-19-18-36(27-40(38)48)51-35-13-11-12-33(26-35)49-29-50(49,42-17-10-9-16-41(42)49)34-23-30(28-46)22-32(24-34)45(4,5)6/h7-27,29H,1-6H3/q+1/t49?,50-/m0/s1. The number of benzene rings is 5. The molecule has 1 fully saturated rings. The predicted molar refractivity (Wildman–Crippen MR) is 207 cm³/mol. The third-order valence-corrected chi connectivity index (χ3v) is 10.6. The number of hydrogen-bond acceptors (Lipinski definition) is 3. The summed E-state index contributed by atoms with van der Waals surface area (Å²) < 4.78 is 10.0. The van der Waals surface area contributed by atoms with Gasteiger partial charge in [0.2, 0.25) is 11.4 Å². The number of rotatable bonds is 5. The van der Waals surface area contributed by atoms with Gasteiger partial charge in [-0.1, -0.05) is 77.9 Å². The Bertz CT molecular complexity index is 2600. The van der Waals surface area contributed by atoms with Crippen molar-refractivity contribution in [1.29, 1.82) is 5.26 Å². The molecule has 2 atom stereocenters. The van der Waals surface area contributed by atoms with Gasteiger partial charge in [-0.3, -0.25) is 4.57 Å². The SMILES string of the molecule is CC(C)(C)c1cc(C#N)cc([N@+]23[CH-][N+]2(c2cccc(Oc4ccc5c6ccccc6n(-c6cc(C(C)(C)C)ccn6)c5c4)c2)c2ccccc23)c1. The minimum Gasteiger partial charge on any atom is -0.457 e. The van der Waals surface area contributed by atoms with Crippen molar-refractivity contribution in [2.75, 3.05) is 0 Å². The maximum atomic E-state index is 10.0. The van der Waals surface area contributed by atoms with Crippen molar-refractivity contribution in [2.24, 2.45) is 0 Å². The first-order valence-corrected chi connectivity index (χ1v) is 17.5. The lowest BCUT2D eigenvalue weighted by atomic mass is 9.85. The van der Waals surface area contributed by atoms with Crippen LogP contribution in [0.5, 0.6) is 11.5 Å². The van der Waals surface area contributed by atoms with Crippen molar-refractivity contribution >= 4 is 44.6 Å². The maximum Gasteiger partial charge on any atom is 0.225 e. The Morgan fingerprint density at radius 3 is 2.06 bits per heavy atom. The second-order valence-corrected chi connectivity index (χ2v) is 15.9. The molecule has 6 heteroatoms. The molecular weight excluding hydrogens is 627 g/mol. The van der Waals surface area contributed by atoms with Crippen LogP contribution in [0.15, 0.2) is 128 Å². The number of hydrogen-bond donors (Lipinski definition) is 0. The molecule has 0 aliphatic carbocycles. The summed E-state index contributed by atoms with van der Waals surface area (Å²) in [5.74, 6) is 2.41. The van der Waals surface area contributed by atoms with Crippen LogP contribution in [0.1, 0.15) is 58.2 Å². The average molecular weight is 667 g/mol.